The molecule has 0 radical (unpaired) electrons. The zero-order valence-corrected chi connectivity index (χ0v) is 15.3. The molecule has 1 heterocycles. The van der Waals surface area contributed by atoms with Gasteiger partial charge in [0.25, 0.3) is 0 Å². The number of anilines is 1. The summed E-state index contributed by atoms with van der Waals surface area (Å²) in [6.07, 6.45) is 1.68. The highest BCUT2D eigenvalue weighted by molar-refractivity contribution is 6.30. The van der Waals surface area contributed by atoms with Gasteiger partial charge in [0.05, 0.1) is 12.7 Å². The Balaban J connectivity index is 1.94. The molecular weight excluding hydrogens is 350 g/mol. The standard InChI is InChI=1S/C21H20ClNO3/c1-26-21(25)18(14-20(24)15-9-11-16(22)12-10-15)19-8-5-13-23(19)17-6-3-2-4-7-17/h2-4,6-7,9-12H,5,8,13-14H2,1H3/b19-18+. The Morgan fingerprint density at radius 2 is 1.77 bits per heavy atom. The molecule has 0 unspecified atom stereocenters. The molecule has 1 aliphatic heterocycles. The van der Waals surface area contributed by atoms with Crippen molar-refractivity contribution in [3.8, 4) is 0 Å². The number of methoxy groups -OCH3 is 1. The number of Topliss-reactive ketones (excluding diaryl/α,β-unsaturated/α-hetero) is 1. The first-order valence-corrected chi connectivity index (χ1v) is 8.89. The lowest BCUT2D eigenvalue weighted by Gasteiger charge is -2.22. The third-order valence-corrected chi connectivity index (χ3v) is 4.72. The van der Waals surface area contributed by atoms with Crippen LogP contribution in [0.2, 0.25) is 5.02 Å². The number of hydrogen-bond donors (Lipinski definition) is 0. The first-order chi connectivity index (χ1) is 12.6. The van der Waals surface area contributed by atoms with Gasteiger partial charge in [-0.2, -0.15) is 0 Å². The molecule has 0 spiro atoms. The molecule has 0 N–H and O–H groups in total. The van der Waals surface area contributed by atoms with Gasteiger partial charge in [-0.3, -0.25) is 4.79 Å². The molecule has 1 fully saturated rings. The summed E-state index contributed by atoms with van der Waals surface area (Å²) in [5.74, 6) is -0.584. The second kappa shape index (κ2) is 8.19. The topological polar surface area (TPSA) is 46.6 Å². The molecule has 0 atom stereocenters. The minimum atomic E-state index is -0.454. The fourth-order valence-electron chi connectivity index (χ4n) is 3.19. The summed E-state index contributed by atoms with van der Waals surface area (Å²) in [4.78, 5) is 27.2. The lowest BCUT2D eigenvalue weighted by Crippen LogP contribution is -2.22. The zero-order valence-electron chi connectivity index (χ0n) is 14.6. The van der Waals surface area contributed by atoms with Crippen LogP contribution in [-0.2, 0) is 9.53 Å². The highest BCUT2D eigenvalue weighted by atomic mass is 35.5. The summed E-state index contributed by atoms with van der Waals surface area (Å²) in [6.45, 7) is 0.814. The maximum absolute atomic E-state index is 12.7. The molecule has 3 rings (SSSR count). The van der Waals surface area contributed by atoms with Gasteiger partial charge in [-0.25, -0.2) is 4.79 Å². The number of nitrogens with zero attached hydrogens (tertiary/aromatic N) is 1. The van der Waals surface area contributed by atoms with Crippen molar-refractivity contribution >= 4 is 29.0 Å². The van der Waals surface area contributed by atoms with Crippen LogP contribution in [0.15, 0.2) is 65.9 Å². The molecular formula is C21H20ClNO3. The van der Waals surface area contributed by atoms with E-state index in [-0.39, 0.29) is 12.2 Å². The molecule has 2 aromatic rings. The largest absolute Gasteiger partial charge is 0.466 e. The van der Waals surface area contributed by atoms with E-state index in [2.05, 4.69) is 4.90 Å². The maximum Gasteiger partial charge on any atom is 0.335 e. The van der Waals surface area contributed by atoms with E-state index in [9.17, 15) is 9.59 Å². The van der Waals surface area contributed by atoms with Gasteiger partial charge >= 0.3 is 5.97 Å². The van der Waals surface area contributed by atoms with Crippen LogP contribution in [-0.4, -0.2) is 25.4 Å². The highest BCUT2D eigenvalue weighted by Gasteiger charge is 2.27. The number of carbonyl (C=O) groups is 2. The quantitative estimate of drug-likeness (QED) is 0.437. The summed E-state index contributed by atoms with van der Waals surface area (Å²) in [5, 5.41) is 0.569. The van der Waals surface area contributed by atoms with Gasteiger partial charge in [-0.05, 0) is 49.2 Å². The van der Waals surface area contributed by atoms with Gasteiger partial charge in [-0.1, -0.05) is 29.8 Å². The average Bonchev–Trinajstić information content (AvgIpc) is 3.16. The van der Waals surface area contributed by atoms with E-state index in [4.69, 9.17) is 16.3 Å². The Morgan fingerprint density at radius 1 is 1.08 bits per heavy atom. The van der Waals surface area contributed by atoms with Crippen LogP contribution in [0.5, 0.6) is 0 Å². The van der Waals surface area contributed by atoms with E-state index in [1.165, 1.54) is 7.11 Å². The van der Waals surface area contributed by atoms with Crippen LogP contribution in [0.1, 0.15) is 29.6 Å². The summed E-state index contributed by atoms with van der Waals surface area (Å²) in [6, 6.07) is 16.6. The van der Waals surface area contributed by atoms with Crippen molar-refractivity contribution in [2.24, 2.45) is 0 Å². The number of ether oxygens (including phenoxy) is 1. The minimum Gasteiger partial charge on any atom is -0.466 e. The summed E-state index contributed by atoms with van der Waals surface area (Å²) in [5.41, 5.74) is 2.83. The Morgan fingerprint density at radius 3 is 2.42 bits per heavy atom. The third kappa shape index (κ3) is 3.97. The predicted molar refractivity (Wildman–Crippen MR) is 102 cm³/mol. The molecule has 0 aliphatic carbocycles. The Labute approximate surface area is 158 Å². The summed E-state index contributed by atoms with van der Waals surface area (Å²) >= 11 is 5.88. The van der Waals surface area contributed by atoms with Crippen molar-refractivity contribution in [2.45, 2.75) is 19.3 Å². The summed E-state index contributed by atoms with van der Waals surface area (Å²) in [7, 11) is 1.34. The van der Waals surface area contributed by atoms with Crippen molar-refractivity contribution in [2.75, 3.05) is 18.6 Å². The number of benzene rings is 2. The number of rotatable bonds is 5. The highest BCUT2D eigenvalue weighted by Crippen LogP contribution is 2.32. The first kappa shape index (κ1) is 18.2. The molecule has 0 aromatic heterocycles. The second-order valence-corrected chi connectivity index (χ2v) is 6.55. The van der Waals surface area contributed by atoms with Crippen molar-refractivity contribution < 1.29 is 14.3 Å². The smallest absolute Gasteiger partial charge is 0.335 e. The number of halogens is 1. The molecule has 26 heavy (non-hydrogen) atoms. The second-order valence-electron chi connectivity index (χ2n) is 6.11. The van der Waals surface area contributed by atoms with E-state index in [0.29, 0.717) is 16.2 Å². The van der Waals surface area contributed by atoms with Gasteiger partial charge < -0.3 is 9.64 Å². The van der Waals surface area contributed by atoms with Crippen molar-refractivity contribution in [1.82, 2.24) is 0 Å². The Kier molecular flexibility index (Phi) is 5.74. The van der Waals surface area contributed by atoms with Crippen LogP contribution in [0.4, 0.5) is 5.69 Å². The molecule has 4 nitrogen and oxygen atoms in total. The van der Waals surface area contributed by atoms with E-state index in [1.54, 1.807) is 24.3 Å². The molecule has 1 saturated heterocycles. The van der Waals surface area contributed by atoms with Crippen molar-refractivity contribution in [3.63, 3.8) is 0 Å². The van der Waals surface area contributed by atoms with Crippen LogP contribution in [0.3, 0.4) is 0 Å². The Bertz CT molecular complexity index is 828. The van der Waals surface area contributed by atoms with Gasteiger partial charge in [0.1, 0.15) is 0 Å². The lowest BCUT2D eigenvalue weighted by atomic mass is 10.0. The molecule has 5 heteroatoms. The average molecular weight is 370 g/mol. The number of para-hydroxylation sites is 1. The van der Waals surface area contributed by atoms with Crippen LogP contribution in [0, 0.1) is 0 Å². The van der Waals surface area contributed by atoms with E-state index < -0.39 is 5.97 Å². The molecule has 0 bridgehead atoms. The third-order valence-electron chi connectivity index (χ3n) is 4.47. The normalized spacial score (nSPS) is 15.7. The maximum atomic E-state index is 12.7. The summed E-state index contributed by atoms with van der Waals surface area (Å²) < 4.78 is 4.97. The molecule has 0 amide bonds. The van der Waals surface area contributed by atoms with Crippen molar-refractivity contribution in [1.29, 1.82) is 0 Å². The number of allylic oxidation sites excluding steroid dienone is 1. The van der Waals surface area contributed by atoms with Crippen molar-refractivity contribution in [3.05, 3.63) is 76.5 Å². The van der Waals surface area contributed by atoms with E-state index >= 15 is 0 Å². The predicted octanol–water partition coefficient (Wildman–Crippen LogP) is 4.64. The fraction of sp³-hybridized carbons (Fsp3) is 0.238. The van der Waals surface area contributed by atoms with E-state index in [0.717, 1.165) is 30.8 Å². The number of ketones is 1. The van der Waals surface area contributed by atoms with Gasteiger partial charge in [0, 0.05) is 34.9 Å². The zero-order chi connectivity index (χ0) is 18.5. The lowest BCUT2D eigenvalue weighted by molar-refractivity contribution is -0.136. The number of esters is 1. The minimum absolute atomic E-state index is 0.00692. The molecule has 134 valence electrons. The van der Waals surface area contributed by atoms with Crippen LogP contribution >= 0.6 is 11.6 Å². The molecule has 0 saturated carbocycles. The van der Waals surface area contributed by atoms with E-state index in [1.807, 2.05) is 30.3 Å². The number of carbonyl (C=O) groups excluding carboxylic acids is 2. The fourth-order valence-corrected chi connectivity index (χ4v) is 3.32. The SMILES string of the molecule is COC(=O)/C(CC(=O)c1ccc(Cl)cc1)=C1\CCCN1c1ccccc1. The van der Waals surface area contributed by atoms with Gasteiger partial charge in [0.2, 0.25) is 0 Å². The van der Waals surface area contributed by atoms with Crippen LogP contribution in [0.25, 0.3) is 0 Å². The van der Waals surface area contributed by atoms with Gasteiger partial charge in [0.15, 0.2) is 5.78 Å². The van der Waals surface area contributed by atoms with Crippen LogP contribution < -0.4 is 4.90 Å². The molecule has 2 aromatic carbocycles. The first-order valence-electron chi connectivity index (χ1n) is 8.52. The molecule has 1 aliphatic rings. The Hall–Kier alpha value is -2.59. The monoisotopic (exact) mass is 369 g/mol. The number of hydrogen-bond acceptors (Lipinski definition) is 4. The van der Waals surface area contributed by atoms with Gasteiger partial charge in [-0.15, -0.1) is 0 Å².